The van der Waals surface area contributed by atoms with Crippen molar-refractivity contribution < 1.29 is 18.3 Å². The zero-order valence-corrected chi connectivity index (χ0v) is 16.0. The number of hydrogen-bond donors (Lipinski definition) is 0. The SMILES string of the molecule is CN(C)/C=[N+]1\[C@@H](Cc2ccccc2)C(=O)O[B-]1(F)c1cccc2ccccc12. The normalized spacial score (nSPS) is 23.2. The summed E-state index contributed by atoms with van der Waals surface area (Å²) in [6.07, 6.45) is 2.00. The van der Waals surface area contributed by atoms with E-state index in [9.17, 15) is 4.79 Å². The standard InChI is InChI=1S/C22H22BFN2O2/c1-25(2)16-26-21(15-17-9-4-3-5-10-17)22(27)28-23(26,24)20-14-8-12-18-11-6-7-13-19(18)20/h3-14,16,21H,15H2,1-2H3/b26-16+/t21-,23?/m0/s1. The number of rotatable bonds is 4. The number of carbonyl (C=O) groups excluding carboxylic acids is 1. The van der Waals surface area contributed by atoms with Gasteiger partial charge in [0.1, 0.15) is 0 Å². The monoisotopic (exact) mass is 376 g/mol. The van der Waals surface area contributed by atoms with Crippen molar-refractivity contribution in [3.05, 3.63) is 78.4 Å². The molecule has 0 aliphatic carbocycles. The molecule has 1 heterocycles. The van der Waals surface area contributed by atoms with Crippen molar-refractivity contribution in [1.29, 1.82) is 0 Å². The van der Waals surface area contributed by atoms with Crippen LogP contribution >= 0.6 is 0 Å². The number of hydrogen-bond acceptors (Lipinski definition) is 2. The maximum absolute atomic E-state index is 16.5. The van der Waals surface area contributed by atoms with E-state index in [1.165, 1.54) is 4.49 Å². The van der Waals surface area contributed by atoms with Gasteiger partial charge in [-0.15, -0.1) is 0 Å². The minimum atomic E-state index is -3.20. The first-order chi connectivity index (χ1) is 13.5. The second-order valence-electron chi connectivity index (χ2n) is 7.39. The third kappa shape index (κ3) is 3.15. The Balaban J connectivity index is 1.84. The Bertz CT molecular complexity index is 1050. The Labute approximate surface area is 163 Å². The van der Waals surface area contributed by atoms with Crippen molar-refractivity contribution >= 4 is 35.3 Å². The molecule has 0 aromatic heterocycles. The van der Waals surface area contributed by atoms with Gasteiger partial charge >= 0.3 is 12.7 Å². The van der Waals surface area contributed by atoms with Crippen LogP contribution in [0.25, 0.3) is 10.8 Å². The maximum Gasteiger partial charge on any atom is 0.568 e. The molecular formula is C22H22BFN2O2. The highest BCUT2D eigenvalue weighted by molar-refractivity contribution is 6.78. The van der Waals surface area contributed by atoms with Crippen molar-refractivity contribution in [2.45, 2.75) is 12.5 Å². The Morgan fingerprint density at radius 2 is 1.71 bits per heavy atom. The molecule has 1 aliphatic rings. The summed E-state index contributed by atoms with van der Waals surface area (Å²) in [6.45, 7) is -3.20. The molecule has 4 rings (SSSR count). The van der Waals surface area contributed by atoms with E-state index in [4.69, 9.17) is 4.65 Å². The van der Waals surface area contributed by atoms with Crippen molar-refractivity contribution in [3.63, 3.8) is 0 Å². The quantitative estimate of drug-likeness (QED) is 0.519. The van der Waals surface area contributed by atoms with Crippen molar-refractivity contribution in [2.24, 2.45) is 0 Å². The van der Waals surface area contributed by atoms with Crippen molar-refractivity contribution in [2.75, 3.05) is 14.1 Å². The van der Waals surface area contributed by atoms with Crippen LogP contribution in [-0.2, 0) is 15.9 Å². The maximum atomic E-state index is 16.5. The van der Waals surface area contributed by atoms with Crippen LogP contribution in [0, 0.1) is 0 Å². The Hall–Kier alpha value is -3.15. The number of nitrogens with zero attached hydrogens (tertiary/aromatic N) is 2. The molecule has 1 fully saturated rings. The zero-order chi connectivity index (χ0) is 19.7. The first-order valence-electron chi connectivity index (χ1n) is 9.36. The van der Waals surface area contributed by atoms with Crippen LogP contribution in [0.2, 0.25) is 0 Å². The van der Waals surface area contributed by atoms with Crippen LogP contribution in [0.4, 0.5) is 4.32 Å². The summed E-state index contributed by atoms with van der Waals surface area (Å²) in [6, 6.07) is 21.9. The summed E-state index contributed by atoms with van der Waals surface area (Å²) in [5.41, 5.74) is 1.35. The van der Waals surface area contributed by atoms with Gasteiger partial charge in [-0.05, 0) is 16.3 Å². The lowest BCUT2D eigenvalue weighted by atomic mass is 9.65. The van der Waals surface area contributed by atoms with Gasteiger partial charge in [0.05, 0.1) is 14.1 Å². The van der Waals surface area contributed by atoms with Crippen LogP contribution in [-0.4, -0.2) is 48.6 Å². The highest BCUT2D eigenvalue weighted by Gasteiger charge is 2.53. The molecule has 2 atom stereocenters. The lowest BCUT2D eigenvalue weighted by Gasteiger charge is -2.28. The fraction of sp³-hybridized carbons (Fsp3) is 0.182. The number of carbonyl (C=O) groups is 1. The van der Waals surface area contributed by atoms with E-state index in [1.807, 2.05) is 74.8 Å². The predicted molar refractivity (Wildman–Crippen MR) is 110 cm³/mol. The minimum absolute atomic E-state index is 0.377. The molecule has 1 unspecified atom stereocenters. The van der Waals surface area contributed by atoms with Crippen LogP contribution in [0.5, 0.6) is 0 Å². The molecule has 1 saturated heterocycles. The molecule has 0 spiro atoms. The lowest BCUT2D eigenvalue weighted by molar-refractivity contribution is -0.432. The fourth-order valence-corrected chi connectivity index (χ4v) is 3.89. The summed E-state index contributed by atoms with van der Waals surface area (Å²) in [4.78, 5) is 14.5. The summed E-state index contributed by atoms with van der Waals surface area (Å²) >= 11 is 0. The average Bonchev–Trinajstić information content (AvgIpc) is 2.92. The van der Waals surface area contributed by atoms with Crippen LogP contribution < -0.4 is 5.46 Å². The third-order valence-corrected chi connectivity index (χ3v) is 5.13. The topological polar surface area (TPSA) is 32.5 Å². The minimum Gasteiger partial charge on any atom is -0.619 e. The molecule has 0 saturated carbocycles. The lowest BCUT2D eigenvalue weighted by Crippen LogP contribution is -2.55. The fourth-order valence-electron chi connectivity index (χ4n) is 3.89. The summed E-state index contributed by atoms with van der Waals surface area (Å²) in [5.74, 6) is -0.544. The van der Waals surface area contributed by atoms with Gasteiger partial charge in [-0.2, -0.15) is 0 Å². The number of halogens is 1. The van der Waals surface area contributed by atoms with E-state index < -0.39 is 18.8 Å². The van der Waals surface area contributed by atoms with Gasteiger partial charge in [-0.25, -0.2) is 0 Å². The first kappa shape index (κ1) is 18.2. The van der Waals surface area contributed by atoms with Crippen LogP contribution in [0.1, 0.15) is 5.56 Å². The third-order valence-electron chi connectivity index (χ3n) is 5.13. The molecule has 6 heteroatoms. The van der Waals surface area contributed by atoms with Crippen LogP contribution in [0.15, 0.2) is 72.8 Å². The van der Waals surface area contributed by atoms with Crippen molar-refractivity contribution in [1.82, 2.24) is 4.90 Å². The molecule has 0 amide bonds. The number of fused-ring (bicyclic) bond motifs is 1. The highest BCUT2D eigenvalue weighted by Crippen LogP contribution is 2.27. The average molecular weight is 376 g/mol. The summed E-state index contributed by atoms with van der Waals surface area (Å²) in [5, 5.41) is 1.66. The van der Waals surface area contributed by atoms with E-state index in [2.05, 4.69) is 0 Å². The second kappa shape index (κ2) is 7.11. The van der Waals surface area contributed by atoms with E-state index in [0.29, 0.717) is 11.9 Å². The van der Waals surface area contributed by atoms with Crippen LogP contribution in [0.3, 0.4) is 0 Å². The molecule has 0 bridgehead atoms. The highest BCUT2D eigenvalue weighted by atomic mass is 19.1. The van der Waals surface area contributed by atoms with Crippen molar-refractivity contribution in [3.8, 4) is 0 Å². The molecular weight excluding hydrogens is 354 g/mol. The molecule has 28 heavy (non-hydrogen) atoms. The summed E-state index contributed by atoms with van der Waals surface area (Å²) in [7, 11) is 3.62. The Morgan fingerprint density at radius 1 is 1.04 bits per heavy atom. The molecule has 0 radical (unpaired) electrons. The van der Waals surface area contributed by atoms with Gasteiger partial charge in [0.25, 0.3) is 0 Å². The molecule has 4 nitrogen and oxygen atoms in total. The molecule has 0 N–H and O–H groups in total. The molecule has 3 aromatic carbocycles. The van der Waals surface area contributed by atoms with E-state index in [1.54, 1.807) is 23.4 Å². The molecule has 3 aromatic rings. The van der Waals surface area contributed by atoms with Gasteiger partial charge in [-0.3, -0.25) is 9.69 Å². The van der Waals surface area contributed by atoms with Gasteiger partial charge < -0.3 is 13.5 Å². The zero-order valence-electron chi connectivity index (χ0n) is 16.0. The summed E-state index contributed by atoms with van der Waals surface area (Å²) < 4.78 is 23.4. The number of benzene rings is 3. The predicted octanol–water partition coefficient (Wildman–Crippen LogP) is 2.73. The Morgan fingerprint density at radius 3 is 2.46 bits per heavy atom. The van der Waals surface area contributed by atoms with E-state index in [-0.39, 0.29) is 0 Å². The van der Waals surface area contributed by atoms with E-state index >= 15 is 4.32 Å². The first-order valence-corrected chi connectivity index (χ1v) is 9.36. The van der Waals surface area contributed by atoms with Gasteiger partial charge in [0.2, 0.25) is 0 Å². The largest absolute Gasteiger partial charge is 0.619 e. The van der Waals surface area contributed by atoms with Gasteiger partial charge in [0.15, 0.2) is 12.4 Å². The van der Waals surface area contributed by atoms with Gasteiger partial charge in [-0.1, -0.05) is 78.3 Å². The van der Waals surface area contributed by atoms with E-state index in [0.717, 1.165) is 16.3 Å². The molecule has 1 aliphatic heterocycles. The van der Waals surface area contributed by atoms with Gasteiger partial charge in [0, 0.05) is 6.42 Å². The second-order valence-corrected chi connectivity index (χ2v) is 7.39. The Kier molecular flexibility index (Phi) is 4.63. The molecule has 142 valence electrons. The smallest absolute Gasteiger partial charge is 0.568 e.